The van der Waals surface area contributed by atoms with E-state index in [0.29, 0.717) is 23.5 Å². The lowest BCUT2D eigenvalue weighted by Gasteiger charge is -2.24. The minimum absolute atomic E-state index is 0.155. The molecule has 1 aromatic heterocycles. The van der Waals surface area contributed by atoms with Gasteiger partial charge in [0.1, 0.15) is 5.82 Å². The maximum absolute atomic E-state index is 13.0. The zero-order valence-electron chi connectivity index (χ0n) is 44.3. The van der Waals surface area contributed by atoms with E-state index in [0.717, 1.165) is 99.4 Å². The molecule has 23 heteroatoms. The van der Waals surface area contributed by atoms with E-state index < -0.39 is 57.4 Å². The summed E-state index contributed by atoms with van der Waals surface area (Å²) < 4.78 is 3.13. The van der Waals surface area contributed by atoms with Gasteiger partial charge in [0, 0.05) is 41.7 Å². The third-order valence-electron chi connectivity index (χ3n) is 14.7. The number of hydrogen-bond acceptors (Lipinski definition) is 12. The van der Waals surface area contributed by atoms with Crippen molar-refractivity contribution < 1.29 is 29.8 Å². The quantitative estimate of drug-likeness (QED) is 0.0524. The first kappa shape index (κ1) is 58.8. The minimum Gasteiger partial charge on any atom is -0.480 e. The highest BCUT2D eigenvalue weighted by atomic mass is 79.9. The fourth-order valence-corrected chi connectivity index (χ4v) is 21.4. The second-order valence-electron chi connectivity index (χ2n) is 22.9. The number of aromatic nitrogens is 2. The Bertz CT molecular complexity index is 3250. The molecule has 3 atom stereocenters. The lowest BCUT2D eigenvalue weighted by molar-refractivity contribution is -0.140. The summed E-state index contributed by atoms with van der Waals surface area (Å²) in [6.07, 6.45) is 2.97. The maximum atomic E-state index is 13.0. The summed E-state index contributed by atoms with van der Waals surface area (Å²) >= 11 is 10.4. The van der Waals surface area contributed by atoms with Crippen molar-refractivity contribution in [1.82, 2.24) is 24.4 Å². The number of benzene rings is 6. The van der Waals surface area contributed by atoms with E-state index in [-0.39, 0.29) is 17.9 Å². The average Bonchev–Trinajstić information content (AvgIpc) is 4.10. The summed E-state index contributed by atoms with van der Waals surface area (Å²) in [5.74, 6) is 0.334. The number of nitrogens with zero attached hydrogens (tertiary/aromatic N) is 4. The first-order valence-corrected chi connectivity index (χ1v) is 38.0. The van der Waals surface area contributed by atoms with Gasteiger partial charge in [0.2, 0.25) is 0 Å². The number of nitrogen functional groups attached to an aromatic ring is 3. The monoisotopic (exact) mass is 1260 g/mol. The second-order valence-corrected chi connectivity index (χ2v) is 40.8. The molecule has 3 saturated heterocycles. The summed E-state index contributed by atoms with van der Waals surface area (Å²) in [4.78, 5) is 38.2. The number of aliphatic carboxylic acids is 1. The molecule has 6 aromatic carbocycles. The van der Waals surface area contributed by atoms with Crippen molar-refractivity contribution in [3.05, 3.63) is 116 Å². The smallest absolute Gasteiger partial charge is 0.376 e. The van der Waals surface area contributed by atoms with Crippen LogP contribution >= 0.6 is 47.8 Å². The summed E-state index contributed by atoms with van der Waals surface area (Å²) in [6, 6.07) is 32.5. The molecular weight excluding hydrogens is 1190 g/mol. The number of halogens is 3. The zero-order chi connectivity index (χ0) is 55.1. The lowest BCUT2D eigenvalue weighted by atomic mass is 9.83. The predicted molar refractivity (Wildman–Crippen MR) is 333 cm³/mol. The Morgan fingerprint density at radius 1 is 0.613 bits per heavy atom. The van der Waals surface area contributed by atoms with Gasteiger partial charge in [-0.2, -0.15) is 0 Å². The number of ketones is 1. The molecule has 3 fully saturated rings. The van der Waals surface area contributed by atoms with Crippen molar-refractivity contribution in [2.45, 2.75) is 102 Å². The molecule has 0 bridgehead atoms. The maximum Gasteiger partial charge on any atom is 0.376 e. The summed E-state index contributed by atoms with van der Waals surface area (Å²) in [7, 11) is -5.86. The van der Waals surface area contributed by atoms with E-state index in [1.165, 1.54) is 5.39 Å². The molecular formula is C52H70B3Br3N8O6Si3. The Labute approximate surface area is 470 Å². The standard InChI is InChI=1S/C18H24BBrN2O2Si.C17H21BBrN3OSi.C10H9BrN2.C7H16BNO3Si/c1-19(24)22-11-25(2,3)10-16(22)17(23)9-13-5-4-12-8-14(20)6-7-15(12)18(13)21;1-18(23)22-10-24(2,3)9-15(22)17-20-14-7-4-11-8-12(19)5-6-13(11)16(14)21-17;11-7-2-3-8-6(5-7)1-4-9(12)10(8)13;1-8(12)9-5-13(2,3)4-6(9)7(10)11/h4-8,16,24H,9-11,21H2,1-3H3;4-8,15,23H,9-10H2,1-3H3,(H,20,21);1-5H,12-13H2;6,12H,4-5H2,1-3H3,(H,10,11)/t16-;15-;;6-/m00.0/s1. The SMILES string of the molecule is CB(O)N1C[Si](C)(C)C[C@H]1C(=O)Cc1ccc2cc(Br)ccc2c1N.CB(O)N1C[Si](C)(C)C[C@H]1C(=O)O.CB(O)N1C[Si](C)(C)C[C@H]1c1nc2c(ccc3cc(Br)ccc32)[nH]1.Nc1ccc2cc(Br)ccc2c1N. The van der Waals surface area contributed by atoms with Gasteiger partial charge in [-0.25, -0.2) is 4.98 Å². The summed E-state index contributed by atoms with van der Waals surface area (Å²) in [6.45, 7) is 18.9. The van der Waals surface area contributed by atoms with Crippen LogP contribution in [0.5, 0.6) is 0 Å². The van der Waals surface area contributed by atoms with Gasteiger partial charge < -0.3 is 56.8 Å². The van der Waals surface area contributed by atoms with Crippen LogP contribution in [-0.4, -0.2) is 132 Å². The van der Waals surface area contributed by atoms with Crippen molar-refractivity contribution in [3.63, 3.8) is 0 Å². The molecule has 7 aromatic rings. The number of fused-ring (bicyclic) bond motifs is 5. The van der Waals surface area contributed by atoms with E-state index in [1.54, 1.807) is 18.5 Å². The molecule has 14 nitrogen and oxygen atoms in total. The number of imidazole rings is 1. The molecule has 0 spiro atoms. The van der Waals surface area contributed by atoms with Gasteiger partial charge in [-0.1, -0.05) is 130 Å². The number of hydrogen-bond donors (Lipinski definition) is 8. The topological polar surface area (TPSA) is 232 Å². The van der Waals surface area contributed by atoms with Crippen LogP contribution in [0.4, 0.5) is 17.1 Å². The van der Waals surface area contributed by atoms with Crippen LogP contribution in [0.2, 0.25) is 77.9 Å². The fourth-order valence-electron chi connectivity index (χ4n) is 11.0. The third-order valence-corrected chi connectivity index (χ3v) is 24.3. The number of carbonyl (C=O) groups is 2. The molecule has 11 N–H and O–H groups in total. The van der Waals surface area contributed by atoms with Gasteiger partial charge in [0.25, 0.3) is 0 Å². The molecule has 0 aliphatic carbocycles. The van der Waals surface area contributed by atoms with Gasteiger partial charge in [0.05, 0.1) is 64.8 Å². The Kier molecular flexibility index (Phi) is 18.5. The largest absolute Gasteiger partial charge is 0.480 e. The summed E-state index contributed by atoms with van der Waals surface area (Å²) in [5.41, 5.74) is 22.8. The predicted octanol–water partition coefficient (Wildman–Crippen LogP) is 10.4. The Balaban J connectivity index is 0.000000152. The number of carbonyl (C=O) groups excluding carboxylic acids is 1. The number of aromatic amines is 1. The Morgan fingerprint density at radius 2 is 1.05 bits per heavy atom. The van der Waals surface area contributed by atoms with Gasteiger partial charge >= 0.3 is 27.1 Å². The van der Waals surface area contributed by atoms with Gasteiger partial charge in [-0.3, -0.25) is 9.59 Å². The fraction of sp³-hybridized carbons (Fsp3) is 0.365. The lowest BCUT2D eigenvalue weighted by Crippen LogP contribution is -2.46. The number of carboxylic acids is 1. The highest BCUT2D eigenvalue weighted by Crippen LogP contribution is 2.39. The van der Waals surface area contributed by atoms with Crippen LogP contribution in [0.3, 0.4) is 0 Å². The molecule has 396 valence electrons. The van der Waals surface area contributed by atoms with E-state index >= 15 is 0 Å². The van der Waals surface area contributed by atoms with E-state index in [1.807, 2.05) is 72.3 Å². The van der Waals surface area contributed by atoms with Crippen molar-refractivity contribution in [2.75, 3.05) is 35.7 Å². The summed E-state index contributed by atoms with van der Waals surface area (Å²) in [5, 5.41) is 45.1. The van der Waals surface area contributed by atoms with Crippen LogP contribution in [0, 0.1) is 0 Å². The van der Waals surface area contributed by atoms with Crippen LogP contribution in [0.15, 0.2) is 104 Å². The Hall–Kier alpha value is -3.84. The van der Waals surface area contributed by atoms with Crippen molar-refractivity contribution >= 4 is 165 Å². The first-order chi connectivity index (χ1) is 35.0. The van der Waals surface area contributed by atoms with Crippen molar-refractivity contribution in [1.29, 1.82) is 0 Å². The Morgan fingerprint density at radius 3 is 1.57 bits per heavy atom. The van der Waals surface area contributed by atoms with Gasteiger partial charge in [0.15, 0.2) is 5.78 Å². The molecule has 4 heterocycles. The second kappa shape index (κ2) is 23.6. The van der Waals surface area contributed by atoms with Crippen LogP contribution < -0.4 is 17.2 Å². The number of anilines is 3. The molecule has 3 aliphatic heterocycles. The molecule has 0 saturated carbocycles. The molecule has 3 aliphatic rings. The minimum atomic E-state index is -1.46. The number of rotatable bonds is 8. The highest BCUT2D eigenvalue weighted by Gasteiger charge is 2.47. The van der Waals surface area contributed by atoms with E-state index in [4.69, 9.17) is 27.3 Å². The number of Topliss-reactive ketones (excluding diaryl/α,β-unsaturated/α-hetero) is 1. The third kappa shape index (κ3) is 14.1. The molecule has 0 amide bonds. The average molecular weight is 1260 g/mol. The van der Waals surface area contributed by atoms with Crippen LogP contribution in [-0.2, 0) is 16.0 Å². The van der Waals surface area contributed by atoms with Gasteiger partial charge in [-0.15, -0.1) is 0 Å². The number of carboxylic acid groups (broad SMARTS) is 1. The van der Waals surface area contributed by atoms with E-state index in [9.17, 15) is 24.7 Å². The number of nitrogens with one attached hydrogen (secondary N) is 1. The van der Waals surface area contributed by atoms with Crippen LogP contribution in [0.1, 0.15) is 17.4 Å². The van der Waals surface area contributed by atoms with Gasteiger partial charge in [-0.05, 0) is 127 Å². The highest BCUT2D eigenvalue weighted by molar-refractivity contribution is 9.11. The normalized spacial score (nSPS) is 20.0. The first-order valence-electron chi connectivity index (χ1n) is 25.4. The van der Waals surface area contributed by atoms with Crippen LogP contribution in [0.25, 0.3) is 43.4 Å². The molecule has 0 radical (unpaired) electrons. The molecule has 75 heavy (non-hydrogen) atoms. The molecule has 10 rings (SSSR count). The van der Waals surface area contributed by atoms with E-state index in [2.05, 4.69) is 127 Å². The zero-order valence-corrected chi connectivity index (χ0v) is 52.1. The van der Waals surface area contributed by atoms with Crippen molar-refractivity contribution in [2.24, 2.45) is 0 Å². The number of H-pyrrole nitrogens is 1. The number of nitrogens with two attached hydrogens (primary N) is 3. The molecule has 0 unspecified atom stereocenters. The van der Waals surface area contributed by atoms with Crippen molar-refractivity contribution in [3.8, 4) is 0 Å².